The molecule has 0 aliphatic rings. The standard InChI is InChI=1S/C15H18F2N2O7/c1-7-8(16)5-9(17)11(19(23)24)12(7)25-6-10(13(20)21)18-14(22)26-15(2,3)4/h5,10H,6H2,1-4H3,(H,18,22)(H,20,21)/t10-/m0/s1. The Kier molecular flexibility index (Phi) is 6.43. The van der Waals surface area contributed by atoms with Crippen molar-refractivity contribution in [1.29, 1.82) is 0 Å². The van der Waals surface area contributed by atoms with Gasteiger partial charge in [0, 0.05) is 11.6 Å². The van der Waals surface area contributed by atoms with E-state index in [1.165, 1.54) is 0 Å². The monoisotopic (exact) mass is 376 g/mol. The van der Waals surface area contributed by atoms with Crippen LogP contribution in [0.15, 0.2) is 6.07 Å². The number of nitro benzene ring substituents is 1. The Balaban J connectivity index is 3.02. The van der Waals surface area contributed by atoms with Crippen LogP contribution in [0.25, 0.3) is 0 Å². The van der Waals surface area contributed by atoms with Crippen molar-refractivity contribution in [2.75, 3.05) is 6.61 Å². The highest BCUT2D eigenvalue weighted by Gasteiger charge is 2.30. The molecule has 144 valence electrons. The number of aliphatic carboxylic acids is 1. The van der Waals surface area contributed by atoms with Gasteiger partial charge in [-0.2, -0.15) is 4.39 Å². The van der Waals surface area contributed by atoms with Gasteiger partial charge in [0.25, 0.3) is 0 Å². The van der Waals surface area contributed by atoms with Gasteiger partial charge in [0.05, 0.1) is 4.92 Å². The van der Waals surface area contributed by atoms with Gasteiger partial charge in [0.15, 0.2) is 6.04 Å². The van der Waals surface area contributed by atoms with Crippen molar-refractivity contribution in [3.05, 3.63) is 33.4 Å². The zero-order chi connectivity index (χ0) is 20.2. The average molecular weight is 376 g/mol. The van der Waals surface area contributed by atoms with Gasteiger partial charge >= 0.3 is 17.7 Å². The molecule has 1 aromatic carbocycles. The number of hydrogen-bond donors (Lipinski definition) is 2. The minimum atomic E-state index is -1.67. The van der Waals surface area contributed by atoms with E-state index in [-0.39, 0.29) is 5.56 Å². The van der Waals surface area contributed by atoms with Crippen LogP contribution in [-0.4, -0.2) is 40.3 Å². The lowest BCUT2D eigenvalue weighted by Gasteiger charge is -2.22. The van der Waals surface area contributed by atoms with Crippen LogP contribution in [0.4, 0.5) is 19.3 Å². The molecule has 1 aromatic rings. The summed E-state index contributed by atoms with van der Waals surface area (Å²) in [7, 11) is 0. The first-order chi connectivity index (χ1) is 11.8. The van der Waals surface area contributed by atoms with E-state index in [4.69, 9.17) is 14.6 Å². The topological polar surface area (TPSA) is 128 Å². The summed E-state index contributed by atoms with van der Waals surface area (Å²) < 4.78 is 37.1. The number of carboxylic acid groups (broad SMARTS) is 1. The molecule has 0 fully saturated rings. The van der Waals surface area contributed by atoms with E-state index in [0.29, 0.717) is 6.07 Å². The van der Waals surface area contributed by atoms with Crippen LogP contribution in [0.1, 0.15) is 26.3 Å². The van der Waals surface area contributed by atoms with Gasteiger partial charge in [0.1, 0.15) is 18.0 Å². The second-order valence-electron chi connectivity index (χ2n) is 6.25. The van der Waals surface area contributed by atoms with E-state index in [0.717, 1.165) is 6.92 Å². The van der Waals surface area contributed by atoms with E-state index in [1.807, 2.05) is 5.32 Å². The molecule has 2 N–H and O–H groups in total. The molecule has 9 nitrogen and oxygen atoms in total. The Morgan fingerprint density at radius 1 is 1.35 bits per heavy atom. The number of nitrogens with one attached hydrogen (secondary N) is 1. The summed E-state index contributed by atoms with van der Waals surface area (Å²) in [6.45, 7) is 4.95. The number of rotatable bonds is 6. The maximum atomic E-state index is 13.7. The highest BCUT2D eigenvalue weighted by Crippen LogP contribution is 2.35. The summed E-state index contributed by atoms with van der Waals surface area (Å²) in [6, 6.07) is -1.34. The van der Waals surface area contributed by atoms with Crippen molar-refractivity contribution in [2.24, 2.45) is 0 Å². The molecule has 0 saturated heterocycles. The summed E-state index contributed by atoms with van der Waals surface area (Å²) in [5.41, 5.74) is -2.40. The second-order valence-corrected chi connectivity index (χ2v) is 6.25. The summed E-state index contributed by atoms with van der Waals surface area (Å²) in [4.78, 5) is 32.7. The summed E-state index contributed by atoms with van der Waals surface area (Å²) in [5, 5.41) is 22.1. The Morgan fingerprint density at radius 2 is 1.92 bits per heavy atom. The molecule has 1 atom stereocenters. The van der Waals surface area contributed by atoms with Crippen molar-refractivity contribution in [2.45, 2.75) is 39.3 Å². The maximum absolute atomic E-state index is 13.7. The van der Waals surface area contributed by atoms with Crippen molar-refractivity contribution >= 4 is 17.7 Å². The molecule has 26 heavy (non-hydrogen) atoms. The minimum Gasteiger partial charge on any atom is -0.484 e. The van der Waals surface area contributed by atoms with Gasteiger partial charge in [-0.1, -0.05) is 0 Å². The predicted octanol–water partition coefficient (Wildman–Crippen LogP) is 2.54. The molecule has 11 heteroatoms. The van der Waals surface area contributed by atoms with Gasteiger partial charge in [-0.25, -0.2) is 14.0 Å². The van der Waals surface area contributed by atoms with Crippen molar-refractivity contribution < 1.29 is 37.9 Å². The van der Waals surface area contributed by atoms with Crippen LogP contribution in [0.2, 0.25) is 0 Å². The van der Waals surface area contributed by atoms with Gasteiger partial charge in [-0.15, -0.1) is 0 Å². The number of alkyl carbamates (subject to hydrolysis) is 1. The van der Waals surface area contributed by atoms with Gasteiger partial charge in [-0.3, -0.25) is 10.1 Å². The predicted molar refractivity (Wildman–Crippen MR) is 84.0 cm³/mol. The molecule has 1 amide bonds. The van der Waals surface area contributed by atoms with Crippen LogP contribution in [0.5, 0.6) is 5.75 Å². The normalized spacial score (nSPS) is 12.2. The largest absolute Gasteiger partial charge is 0.484 e. The smallest absolute Gasteiger partial charge is 0.408 e. The Bertz CT molecular complexity index is 732. The SMILES string of the molecule is Cc1c(F)cc(F)c([N+](=O)[O-])c1OC[C@H](NC(=O)OC(C)(C)C)C(=O)O. The lowest BCUT2D eigenvalue weighted by atomic mass is 10.1. The summed E-state index contributed by atoms with van der Waals surface area (Å²) in [6.07, 6.45) is -1.06. The average Bonchev–Trinajstić information content (AvgIpc) is 2.45. The highest BCUT2D eigenvalue weighted by atomic mass is 19.1. The minimum absolute atomic E-state index is 0.327. The molecule has 0 heterocycles. The van der Waals surface area contributed by atoms with Crippen LogP contribution in [0, 0.1) is 28.7 Å². The zero-order valence-electron chi connectivity index (χ0n) is 14.5. The number of nitro groups is 1. The Morgan fingerprint density at radius 3 is 2.38 bits per heavy atom. The molecule has 0 aliphatic carbocycles. The third-order valence-electron chi connectivity index (χ3n) is 2.96. The zero-order valence-corrected chi connectivity index (χ0v) is 14.5. The Hall–Kier alpha value is -2.98. The molecule has 0 unspecified atom stereocenters. The molecule has 0 aromatic heterocycles. The second kappa shape index (κ2) is 7.93. The van der Waals surface area contributed by atoms with E-state index in [9.17, 15) is 28.5 Å². The fraction of sp³-hybridized carbons (Fsp3) is 0.467. The fourth-order valence-corrected chi connectivity index (χ4v) is 1.82. The molecule has 0 spiro atoms. The fourth-order valence-electron chi connectivity index (χ4n) is 1.82. The number of carbonyl (C=O) groups excluding carboxylic acids is 1. The van der Waals surface area contributed by atoms with Crippen LogP contribution >= 0.6 is 0 Å². The Labute approximate surface area is 147 Å². The number of nitrogens with zero attached hydrogens (tertiary/aromatic N) is 1. The van der Waals surface area contributed by atoms with Crippen LogP contribution in [0.3, 0.4) is 0 Å². The quantitative estimate of drug-likeness (QED) is 0.577. The lowest BCUT2D eigenvalue weighted by molar-refractivity contribution is -0.388. The van der Waals surface area contributed by atoms with Crippen molar-refractivity contribution in [3.63, 3.8) is 0 Å². The van der Waals surface area contributed by atoms with Gasteiger partial charge in [-0.05, 0) is 27.7 Å². The number of carbonyl (C=O) groups is 2. The molecule has 0 saturated carbocycles. The van der Waals surface area contributed by atoms with Crippen molar-refractivity contribution in [3.8, 4) is 5.75 Å². The third kappa shape index (κ3) is 5.53. The number of amides is 1. The lowest BCUT2D eigenvalue weighted by Crippen LogP contribution is -2.46. The van der Waals surface area contributed by atoms with E-state index in [2.05, 4.69) is 0 Å². The first kappa shape index (κ1) is 21.1. The van der Waals surface area contributed by atoms with E-state index in [1.54, 1.807) is 20.8 Å². The highest BCUT2D eigenvalue weighted by molar-refractivity contribution is 5.80. The molecule has 0 bridgehead atoms. The molecule has 0 radical (unpaired) electrons. The molecular weight excluding hydrogens is 358 g/mol. The molecule has 1 rings (SSSR count). The number of halogens is 2. The van der Waals surface area contributed by atoms with Crippen molar-refractivity contribution in [1.82, 2.24) is 5.32 Å². The summed E-state index contributed by atoms with van der Waals surface area (Å²) >= 11 is 0. The number of hydrogen-bond acceptors (Lipinski definition) is 6. The number of ether oxygens (including phenoxy) is 2. The van der Waals surface area contributed by atoms with E-state index >= 15 is 0 Å². The number of carboxylic acids is 1. The first-order valence-electron chi connectivity index (χ1n) is 7.31. The van der Waals surface area contributed by atoms with E-state index < -0.39 is 58.3 Å². The van der Waals surface area contributed by atoms with Gasteiger partial charge in [0.2, 0.25) is 11.6 Å². The maximum Gasteiger partial charge on any atom is 0.408 e. The van der Waals surface area contributed by atoms with Gasteiger partial charge < -0.3 is 19.9 Å². The number of benzene rings is 1. The summed E-state index contributed by atoms with van der Waals surface area (Å²) in [5.74, 6) is -4.87. The third-order valence-corrected chi connectivity index (χ3v) is 2.96. The van der Waals surface area contributed by atoms with Crippen LogP contribution in [-0.2, 0) is 9.53 Å². The van der Waals surface area contributed by atoms with Crippen LogP contribution < -0.4 is 10.1 Å². The first-order valence-corrected chi connectivity index (χ1v) is 7.31. The molecule has 0 aliphatic heterocycles. The molecular formula is C15H18F2N2O7.